The average molecular weight is 481 g/mol. The Labute approximate surface area is 188 Å². The van der Waals surface area contributed by atoms with Crippen molar-refractivity contribution in [3.05, 3.63) is 82.3 Å². The number of aromatic nitrogens is 1. The van der Waals surface area contributed by atoms with E-state index in [4.69, 9.17) is 11.6 Å². The number of esters is 1. The minimum absolute atomic E-state index is 0.0776. The molecular formula is C21H18ClFN2O4S2. The highest BCUT2D eigenvalue weighted by Crippen LogP contribution is 2.28. The fourth-order valence-corrected chi connectivity index (χ4v) is 4.91. The van der Waals surface area contributed by atoms with E-state index in [1.54, 1.807) is 25.1 Å². The SMILES string of the molecule is COC(=O)c1cc(S(=O)(=O)Nc2ccc(SCc3c(F)cccc3Cl)nc2)ccc1C. The highest BCUT2D eigenvalue weighted by atomic mass is 35.5. The van der Waals surface area contributed by atoms with E-state index in [1.165, 1.54) is 55.4 Å². The summed E-state index contributed by atoms with van der Waals surface area (Å²) in [6.07, 6.45) is 1.36. The van der Waals surface area contributed by atoms with Gasteiger partial charge in [0.2, 0.25) is 0 Å². The normalized spacial score (nSPS) is 11.2. The highest BCUT2D eigenvalue weighted by Gasteiger charge is 2.19. The standard InChI is InChI=1S/C21H18ClFN2O4S2/c1-13-6-8-15(10-16(13)21(26)29-2)31(27,28)25-14-7-9-20(24-11-14)30-12-17-18(22)4-3-5-19(17)23/h3-11,25H,12H2,1-2H3. The molecule has 1 heterocycles. The van der Waals surface area contributed by atoms with Crippen LogP contribution >= 0.6 is 23.4 Å². The van der Waals surface area contributed by atoms with Crippen molar-refractivity contribution in [2.24, 2.45) is 0 Å². The maximum Gasteiger partial charge on any atom is 0.338 e. The molecule has 0 aliphatic rings. The molecule has 2 aromatic carbocycles. The van der Waals surface area contributed by atoms with E-state index in [9.17, 15) is 17.6 Å². The molecule has 3 rings (SSSR count). The van der Waals surface area contributed by atoms with Gasteiger partial charge in [-0.1, -0.05) is 23.7 Å². The summed E-state index contributed by atoms with van der Waals surface area (Å²) in [5, 5.41) is 0.909. The van der Waals surface area contributed by atoms with E-state index >= 15 is 0 Å². The van der Waals surface area contributed by atoms with Crippen LogP contribution in [0.15, 0.2) is 64.6 Å². The minimum atomic E-state index is -3.95. The lowest BCUT2D eigenvalue weighted by Gasteiger charge is -2.11. The Hall–Kier alpha value is -2.62. The Bertz CT molecular complexity index is 1200. The lowest BCUT2D eigenvalue weighted by Crippen LogP contribution is -2.14. The maximum atomic E-state index is 13.9. The Morgan fingerprint density at radius 2 is 2.00 bits per heavy atom. The molecule has 10 heteroatoms. The van der Waals surface area contributed by atoms with Gasteiger partial charge in [-0.05, 0) is 48.9 Å². The molecule has 6 nitrogen and oxygen atoms in total. The first kappa shape index (κ1) is 23.1. The van der Waals surface area contributed by atoms with Crippen molar-refractivity contribution in [1.29, 1.82) is 0 Å². The van der Waals surface area contributed by atoms with Gasteiger partial charge in [0.25, 0.3) is 10.0 Å². The van der Waals surface area contributed by atoms with Gasteiger partial charge in [-0.3, -0.25) is 4.72 Å². The number of aryl methyl sites for hydroxylation is 1. The molecular weight excluding hydrogens is 463 g/mol. The molecule has 3 aromatic rings. The first-order valence-electron chi connectivity index (χ1n) is 8.95. The summed E-state index contributed by atoms with van der Waals surface area (Å²) in [5.74, 6) is -0.732. The maximum absolute atomic E-state index is 13.9. The number of rotatable bonds is 7. The Morgan fingerprint density at radius 3 is 2.65 bits per heavy atom. The molecule has 0 saturated carbocycles. The molecule has 0 aliphatic carbocycles. The molecule has 0 fully saturated rings. The number of nitrogens with one attached hydrogen (secondary N) is 1. The number of hydrogen-bond acceptors (Lipinski definition) is 6. The number of methoxy groups -OCH3 is 1. The third kappa shape index (κ3) is 5.55. The largest absolute Gasteiger partial charge is 0.465 e. The number of hydrogen-bond donors (Lipinski definition) is 1. The van der Waals surface area contributed by atoms with Crippen molar-refractivity contribution in [3.8, 4) is 0 Å². The van der Waals surface area contributed by atoms with Crippen molar-refractivity contribution in [3.63, 3.8) is 0 Å². The predicted molar refractivity (Wildman–Crippen MR) is 119 cm³/mol. The zero-order valence-electron chi connectivity index (χ0n) is 16.6. The van der Waals surface area contributed by atoms with Gasteiger partial charge in [0.05, 0.1) is 34.5 Å². The minimum Gasteiger partial charge on any atom is -0.465 e. The van der Waals surface area contributed by atoms with Crippen LogP contribution in [0, 0.1) is 12.7 Å². The third-order valence-corrected chi connectivity index (χ3v) is 7.04. The van der Waals surface area contributed by atoms with Gasteiger partial charge in [-0.15, -0.1) is 11.8 Å². The summed E-state index contributed by atoms with van der Waals surface area (Å²) in [5.41, 5.74) is 1.39. The molecule has 1 aromatic heterocycles. The Balaban J connectivity index is 1.72. The van der Waals surface area contributed by atoms with Crippen LogP contribution in [-0.4, -0.2) is 26.5 Å². The van der Waals surface area contributed by atoms with Gasteiger partial charge in [0, 0.05) is 16.3 Å². The van der Waals surface area contributed by atoms with Crippen molar-refractivity contribution >= 4 is 45.0 Å². The molecule has 0 saturated heterocycles. The highest BCUT2D eigenvalue weighted by molar-refractivity contribution is 7.98. The summed E-state index contributed by atoms with van der Waals surface area (Å²) < 4.78 is 46.4. The molecule has 1 N–H and O–H groups in total. The van der Waals surface area contributed by atoms with E-state index < -0.39 is 21.8 Å². The van der Waals surface area contributed by atoms with Crippen LogP contribution in [0.5, 0.6) is 0 Å². The lowest BCUT2D eigenvalue weighted by atomic mass is 10.1. The van der Waals surface area contributed by atoms with Gasteiger partial charge in [0.15, 0.2) is 0 Å². The van der Waals surface area contributed by atoms with Crippen LogP contribution in [0.1, 0.15) is 21.5 Å². The first-order chi connectivity index (χ1) is 14.7. The third-order valence-electron chi connectivity index (χ3n) is 4.34. The smallest absolute Gasteiger partial charge is 0.338 e. The molecule has 0 unspecified atom stereocenters. The number of anilines is 1. The summed E-state index contributed by atoms with van der Waals surface area (Å²) in [4.78, 5) is 16.0. The van der Waals surface area contributed by atoms with Crippen LogP contribution in [-0.2, 0) is 20.5 Å². The van der Waals surface area contributed by atoms with E-state index in [1.807, 2.05) is 0 Å². The summed E-state index contributed by atoms with van der Waals surface area (Å²) in [6, 6.07) is 11.9. The second kappa shape index (κ2) is 9.67. The van der Waals surface area contributed by atoms with E-state index in [-0.39, 0.29) is 21.9 Å². The van der Waals surface area contributed by atoms with Crippen LogP contribution in [0.4, 0.5) is 10.1 Å². The van der Waals surface area contributed by atoms with Crippen LogP contribution in [0.2, 0.25) is 5.02 Å². The molecule has 0 spiro atoms. The number of pyridine rings is 1. The molecule has 162 valence electrons. The zero-order chi connectivity index (χ0) is 22.6. The van der Waals surface area contributed by atoms with Crippen molar-refractivity contribution < 1.29 is 22.3 Å². The monoisotopic (exact) mass is 480 g/mol. The molecule has 0 bridgehead atoms. The number of carbonyl (C=O) groups is 1. The number of carbonyl (C=O) groups excluding carboxylic acids is 1. The van der Waals surface area contributed by atoms with Gasteiger partial charge in [-0.2, -0.15) is 0 Å². The van der Waals surface area contributed by atoms with E-state index in [0.717, 1.165) is 0 Å². The lowest BCUT2D eigenvalue weighted by molar-refractivity contribution is 0.0599. The fourth-order valence-electron chi connectivity index (χ4n) is 2.65. The van der Waals surface area contributed by atoms with Crippen molar-refractivity contribution in [2.45, 2.75) is 22.6 Å². The van der Waals surface area contributed by atoms with Crippen LogP contribution < -0.4 is 4.72 Å². The quantitative estimate of drug-likeness (QED) is 0.375. The van der Waals surface area contributed by atoms with Crippen molar-refractivity contribution in [2.75, 3.05) is 11.8 Å². The Morgan fingerprint density at radius 1 is 1.23 bits per heavy atom. The molecule has 0 atom stereocenters. The average Bonchev–Trinajstić information content (AvgIpc) is 2.74. The topological polar surface area (TPSA) is 85.4 Å². The Kier molecular flexibility index (Phi) is 7.19. The second-order valence-electron chi connectivity index (χ2n) is 6.45. The summed E-state index contributed by atoms with van der Waals surface area (Å²) in [7, 11) is -2.72. The number of sulfonamides is 1. The number of thioether (sulfide) groups is 1. The van der Waals surface area contributed by atoms with Crippen LogP contribution in [0.3, 0.4) is 0 Å². The number of nitrogens with zero attached hydrogens (tertiary/aromatic N) is 1. The molecule has 0 aliphatic heterocycles. The number of benzene rings is 2. The predicted octanol–water partition coefficient (Wildman–Crippen LogP) is 5.06. The first-order valence-corrected chi connectivity index (χ1v) is 11.8. The van der Waals surface area contributed by atoms with Gasteiger partial charge >= 0.3 is 5.97 Å². The van der Waals surface area contributed by atoms with E-state index in [2.05, 4.69) is 14.4 Å². The second-order valence-corrected chi connectivity index (χ2v) is 9.53. The van der Waals surface area contributed by atoms with Gasteiger partial charge in [0.1, 0.15) is 5.82 Å². The van der Waals surface area contributed by atoms with Gasteiger partial charge in [-0.25, -0.2) is 22.6 Å². The molecule has 0 amide bonds. The van der Waals surface area contributed by atoms with E-state index in [0.29, 0.717) is 21.2 Å². The summed E-state index contributed by atoms with van der Waals surface area (Å²) >= 11 is 7.29. The molecule has 0 radical (unpaired) electrons. The van der Waals surface area contributed by atoms with Gasteiger partial charge < -0.3 is 4.74 Å². The number of ether oxygens (including phenoxy) is 1. The molecule has 31 heavy (non-hydrogen) atoms. The fraction of sp³-hybridized carbons (Fsp3) is 0.143. The number of halogens is 2. The van der Waals surface area contributed by atoms with Crippen molar-refractivity contribution in [1.82, 2.24) is 4.98 Å². The van der Waals surface area contributed by atoms with Crippen LogP contribution in [0.25, 0.3) is 0 Å². The zero-order valence-corrected chi connectivity index (χ0v) is 18.9. The summed E-state index contributed by atoms with van der Waals surface area (Å²) in [6.45, 7) is 1.69.